The number of phenols is 2. The predicted octanol–water partition coefficient (Wildman–Crippen LogP) is 3.49. The average molecular weight is 353 g/mol. The van der Waals surface area contributed by atoms with Gasteiger partial charge in [-0.2, -0.15) is 0 Å². The van der Waals surface area contributed by atoms with Crippen molar-refractivity contribution >= 4 is 23.4 Å². The number of esters is 1. The van der Waals surface area contributed by atoms with E-state index in [9.17, 15) is 19.8 Å². The summed E-state index contributed by atoms with van der Waals surface area (Å²) in [6.45, 7) is 1.75. The lowest BCUT2D eigenvalue weighted by atomic mass is 9.98. The van der Waals surface area contributed by atoms with Crippen molar-refractivity contribution < 1.29 is 24.5 Å². The second-order valence-electron chi connectivity index (χ2n) is 6.02. The van der Waals surface area contributed by atoms with E-state index in [1.165, 1.54) is 6.07 Å². The van der Waals surface area contributed by atoms with E-state index in [0.29, 0.717) is 12.8 Å². The third-order valence-corrected chi connectivity index (χ3v) is 4.19. The molecule has 0 amide bonds. The molecule has 0 saturated carbocycles. The Morgan fingerprint density at radius 3 is 2.71 bits per heavy atom. The van der Waals surface area contributed by atoms with Crippen molar-refractivity contribution in [3.05, 3.63) is 35.4 Å². The number of hydrogen-bond donors (Lipinski definition) is 2. The Morgan fingerprint density at radius 2 is 1.96 bits per heavy atom. The summed E-state index contributed by atoms with van der Waals surface area (Å²) in [5, 5.41) is 19.4. The number of fused-ring (bicyclic) bond motifs is 1. The highest BCUT2D eigenvalue weighted by Gasteiger charge is 2.23. The van der Waals surface area contributed by atoms with Crippen molar-refractivity contribution in [1.29, 1.82) is 0 Å². The van der Waals surface area contributed by atoms with E-state index in [0.717, 1.165) is 12.5 Å². The minimum atomic E-state index is -0.712. The summed E-state index contributed by atoms with van der Waals surface area (Å²) in [6.07, 6.45) is 5.53. The molecular weight excluding hydrogens is 332 g/mol. The van der Waals surface area contributed by atoms with E-state index < -0.39 is 11.7 Å². The summed E-state index contributed by atoms with van der Waals surface area (Å²) < 4.78 is 5.33. The number of Topliss-reactive ketones (excluding diaryl/α,β-unsaturated/α-hetero) is 1. The number of ketones is 1. The monoisotopic (exact) mass is 352 g/mol. The minimum Gasteiger partial charge on any atom is -0.508 e. The second kappa shape index (κ2) is 8.20. The van der Waals surface area contributed by atoms with Crippen LogP contribution < -0.4 is 0 Å². The Morgan fingerprint density at radius 1 is 1.21 bits per heavy atom. The summed E-state index contributed by atoms with van der Waals surface area (Å²) in [7, 11) is 0. The highest BCUT2D eigenvalue weighted by Crippen LogP contribution is 2.29. The van der Waals surface area contributed by atoms with Gasteiger partial charge in [0.1, 0.15) is 28.9 Å². The molecule has 2 unspecified atom stereocenters. The van der Waals surface area contributed by atoms with Crippen LogP contribution in [0.4, 0.5) is 0 Å². The molecule has 130 valence electrons. The van der Waals surface area contributed by atoms with Crippen molar-refractivity contribution in [3.63, 3.8) is 0 Å². The standard InChI is InChI=1S/C18H21ClO5/c1-11-5-3-2-4-6-13(19)9-14(20)7-12-8-15(21)10-16(22)17(12)18(23)24-11/h2-3,8,10-11,13,21-22H,4-7,9H2,1H3/b3-2+. The molecule has 1 aromatic carbocycles. The third-order valence-electron chi connectivity index (χ3n) is 3.81. The Balaban J connectivity index is 2.37. The summed E-state index contributed by atoms with van der Waals surface area (Å²) in [5.41, 5.74) is 0.159. The van der Waals surface area contributed by atoms with Gasteiger partial charge in [-0.1, -0.05) is 12.2 Å². The van der Waals surface area contributed by atoms with Crippen LogP contribution in [0.15, 0.2) is 24.3 Å². The highest BCUT2D eigenvalue weighted by atomic mass is 35.5. The minimum absolute atomic E-state index is 0.0832. The van der Waals surface area contributed by atoms with Gasteiger partial charge in [0.05, 0.1) is 0 Å². The van der Waals surface area contributed by atoms with Gasteiger partial charge in [-0.15, -0.1) is 11.6 Å². The number of rotatable bonds is 0. The second-order valence-corrected chi connectivity index (χ2v) is 6.63. The Labute approximate surface area is 145 Å². The first-order chi connectivity index (χ1) is 11.4. The van der Waals surface area contributed by atoms with Crippen molar-refractivity contribution in [1.82, 2.24) is 0 Å². The smallest absolute Gasteiger partial charge is 0.342 e. The van der Waals surface area contributed by atoms with Crippen LogP contribution in [0.2, 0.25) is 0 Å². The molecule has 0 saturated heterocycles. The Kier molecular flexibility index (Phi) is 6.26. The van der Waals surface area contributed by atoms with Gasteiger partial charge in [-0.3, -0.25) is 4.79 Å². The molecule has 24 heavy (non-hydrogen) atoms. The van der Waals surface area contributed by atoms with Gasteiger partial charge in [-0.05, 0) is 31.4 Å². The lowest BCUT2D eigenvalue weighted by Crippen LogP contribution is -2.18. The Hall–Kier alpha value is -2.01. The van der Waals surface area contributed by atoms with E-state index in [-0.39, 0.29) is 47.0 Å². The molecule has 1 aliphatic heterocycles. The number of alkyl halides is 1. The zero-order valence-corrected chi connectivity index (χ0v) is 14.3. The largest absolute Gasteiger partial charge is 0.508 e. The molecule has 0 bridgehead atoms. The van der Waals surface area contributed by atoms with Gasteiger partial charge in [0.25, 0.3) is 0 Å². The molecule has 1 aromatic rings. The molecule has 2 N–H and O–H groups in total. The molecular formula is C18H21ClO5. The molecule has 0 spiro atoms. The zero-order valence-electron chi connectivity index (χ0n) is 13.5. The molecule has 0 fully saturated rings. The van der Waals surface area contributed by atoms with Gasteiger partial charge in [0.2, 0.25) is 0 Å². The number of hydrogen-bond acceptors (Lipinski definition) is 5. The normalized spacial score (nSPS) is 24.6. The summed E-state index contributed by atoms with van der Waals surface area (Å²) in [6, 6.07) is 2.36. The van der Waals surface area contributed by atoms with E-state index in [2.05, 4.69) is 0 Å². The highest BCUT2D eigenvalue weighted by molar-refractivity contribution is 6.21. The van der Waals surface area contributed by atoms with Gasteiger partial charge in [0.15, 0.2) is 0 Å². The fraction of sp³-hybridized carbons (Fsp3) is 0.444. The number of halogens is 1. The number of allylic oxidation sites excluding steroid dienone is 1. The molecule has 0 radical (unpaired) electrons. The molecule has 6 heteroatoms. The first-order valence-corrected chi connectivity index (χ1v) is 8.37. The number of phenolic OH excluding ortho intramolecular Hbond substituents is 2. The number of aromatic hydroxyl groups is 2. The maximum atomic E-state index is 12.4. The lowest BCUT2D eigenvalue weighted by Gasteiger charge is -2.16. The van der Waals surface area contributed by atoms with E-state index in [1.807, 2.05) is 12.2 Å². The van der Waals surface area contributed by atoms with Crippen molar-refractivity contribution in [2.75, 3.05) is 0 Å². The van der Waals surface area contributed by atoms with E-state index >= 15 is 0 Å². The SMILES string of the molecule is CC1C/C=C/CCC(Cl)CC(=O)Cc2cc(O)cc(O)c2C(=O)O1. The fourth-order valence-corrected chi connectivity index (χ4v) is 2.95. The van der Waals surface area contributed by atoms with E-state index in [4.69, 9.17) is 16.3 Å². The van der Waals surface area contributed by atoms with Gasteiger partial charge in [-0.25, -0.2) is 4.79 Å². The van der Waals surface area contributed by atoms with Crippen molar-refractivity contribution in [2.45, 2.75) is 50.5 Å². The number of ether oxygens (including phenoxy) is 1. The first kappa shape index (κ1) is 18.3. The molecule has 2 atom stereocenters. The van der Waals surface area contributed by atoms with Gasteiger partial charge < -0.3 is 14.9 Å². The molecule has 1 heterocycles. The van der Waals surface area contributed by atoms with Crippen LogP contribution in [-0.4, -0.2) is 33.4 Å². The fourth-order valence-electron chi connectivity index (χ4n) is 2.65. The topological polar surface area (TPSA) is 83.8 Å². The van der Waals surface area contributed by atoms with Crippen molar-refractivity contribution in [2.24, 2.45) is 0 Å². The maximum absolute atomic E-state index is 12.4. The number of carbonyl (C=O) groups is 2. The van der Waals surface area contributed by atoms with E-state index in [1.54, 1.807) is 6.92 Å². The van der Waals surface area contributed by atoms with Crippen LogP contribution in [0.5, 0.6) is 11.5 Å². The number of benzene rings is 1. The molecule has 0 aromatic heterocycles. The third kappa shape index (κ3) is 4.99. The van der Waals surface area contributed by atoms with Crippen LogP contribution in [0, 0.1) is 0 Å². The van der Waals surface area contributed by atoms with Gasteiger partial charge in [0, 0.05) is 30.7 Å². The molecule has 2 rings (SSSR count). The maximum Gasteiger partial charge on any atom is 0.342 e. The van der Waals surface area contributed by atoms with Crippen LogP contribution in [0.3, 0.4) is 0 Å². The van der Waals surface area contributed by atoms with Crippen LogP contribution >= 0.6 is 11.6 Å². The summed E-state index contributed by atoms with van der Waals surface area (Å²) in [5.74, 6) is -1.50. The van der Waals surface area contributed by atoms with Gasteiger partial charge >= 0.3 is 5.97 Å². The molecule has 5 nitrogen and oxygen atoms in total. The van der Waals surface area contributed by atoms with Crippen LogP contribution in [-0.2, 0) is 16.0 Å². The van der Waals surface area contributed by atoms with Crippen molar-refractivity contribution in [3.8, 4) is 11.5 Å². The zero-order chi connectivity index (χ0) is 17.7. The first-order valence-electron chi connectivity index (χ1n) is 7.93. The number of cyclic esters (lactones) is 1. The predicted molar refractivity (Wildman–Crippen MR) is 90.6 cm³/mol. The quantitative estimate of drug-likeness (QED) is 0.424. The lowest BCUT2D eigenvalue weighted by molar-refractivity contribution is -0.118. The Bertz CT molecular complexity index is 653. The van der Waals surface area contributed by atoms with Crippen LogP contribution in [0.25, 0.3) is 0 Å². The van der Waals surface area contributed by atoms with Crippen LogP contribution in [0.1, 0.15) is 48.5 Å². The summed E-state index contributed by atoms with van der Waals surface area (Å²) >= 11 is 6.18. The number of carbonyl (C=O) groups excluding carboxylic acids is 2. The molecule has 1 aliphatic rings. The molecule has 0 aliphatic carbocycles. The average Bonchev–Trinajstić information content (AvgIpc) is 2.44. The summed E-state index contributed by atoms with van der Waals surface area (Å²) in [4.78, 5) is 24.6.